The summed E-state index contributed by atoms with van der Waals surface area (Å²) in [6, 6.07) is 4.69. The number of benzene rings is 1. The predicted molar refractivity (Wildman–Crippen MR) is 89.0 cm³/mol. The highest BCUT2D eigenvalue weighted by Gasteiger charge is 2.36. The lowest BCUT2D eigenvalue weighted by atomic mass is 10.1. The van der Waals surface area contributed by atoms with Gasteiger partial charge < -0.3 is 25.2 Å². The molecule has 0 saturated heterocycles. The number of aromatic hydroxyl groups is 1. The molecule has 6 heteroatoms. The molecular weight excluding hydrogens is 296 g/mol. The molecule has 1 aliphatic rings. The van der Waals surface area contributed by atoms with Crippen molar-refractivity contribution in [1.82, 2.24) is 5.32 Å². The molecule has 0 heterocycles. The number of hydrogen-bond donors (Lipinski definition) is 3. The van der Waals surface area contributed by atoms with Crippen LogP contribution in [0.2, 0.25) is 0 Å². The van der Waals surface area contributed by atoms with Crippen LogP contribution in [0.25, 0.3) is 0 Å². The summed E-state index contributed by atoms with van der Waals surface area (Å²) in [7, 11) is 1.55. The van der Waals surface area contributed by atoms with E-state index in [0.717, 1.165) is 18.8 Å². The molecule has 1 amide bonds. The maximum absolute atomic E-state index is 12.3. The molecule has 0 bridgehead atoms. The molecule has 1 aliphatic carbocycles. The third-order valence-corrected chi connectivity index (χ3v) is 4.53. The lowest BCUT2D eigenvalue weighted by Crippen LogP contribution is -2.43. The van der Waals surface area contributed by atoms with Gasteiger partial charge in [-0.05, 0) is 38.8 Å². The van der Waals surface area contributed by atoms with Crippen molar-refractivity contribution in [2.24, 2.45) is 0 Å². The Morgan fingerprint density at radius 1 is 1.35 bits per heavy atom. The van der Waals surface area contributed by atoms with Crippen LogP contribution < -0.4 is 10.2 Å². The van der Waals surface area contributed by atoms with E-state index in [0.29, 0.717) is 12.8 Å². The number of ether oxygens (including phenoxy) is 1. The molecule has 1 fully saturated rings. The van der Waals surface area contributed by atoms with Gasteiger partial charge in [-0.25, -0.2) is 0 Å². The van der Waals surface area contributed by atoms with Crippen molar-refractivity contribution in [1.29, 1.82) is 0 Å². The number of aliphatic hydroxyl groups is 1. The van der Waals surface area contributed by atoms with E-state index in [9.17, 15) is 15.0 Å². The fourth-order valence-corrected chi connectivity index (χ4v) is 3.10. The van der Waals surface area contributed by atoms with E-state index in [-0.39, 0.29) is 29.4 Å². The minimum Gasteiger partial charge on any atom is -0.507 e. The normalized spacial score (nSPS) is 23.7. The fraction of sp³-hybridized carbons (Fsp3) is 0.588. The van der Waals surface area contributed by atoms with Gasteiger partial charge in [0.1, 0.15) is 11.9 Å². The monoisotopic (exact) mass is 322 g/mol. The smallest absolute Gasteiger partial charge is 0.255 e. The molecule has 0 aliphatic heterocycles. The highest BCUT2D eigenvalue weighted by atomic mass is 16.5. The van der Waals surface area contributed by atoms with E-state index < -0.39 is 6.10 Å². The summed E-state index contributed by atoms with van der Waals surface area (Å²) in [5.74, 6) is -0.433. The van der Waals surface area contributed by atoms with Crippen LogP contribution in [0.5, 0.6) is 5.75 Å². The molecular formula is C17H26N2O4. The Kier molecular flexibility index (Phi) is 5.85. The van der Waals surface area contributed by atoms with Crippen LogP contribution in [0.1, 0.15) is 37.0 Å². The van der Waals surface area contributed by atoms with Crippen molar-refractivity contribution >= 4 is 11.6 Å². The first kappa shape index (κ1) is 17.6. The number of anilines is 1. The maximum atomic E-state index is 12.3. The standard InChI is InChI=1S/C17H26N2O4/c1-4-19(5-2)11-6-7-12(14(20)10-11)17(22)18-13-8-9-15(23-3)16(13)21/h6-7,10,13,15-16,20-21H,4-5,8-9H2,1-3H3,(H,18,22)/t13-,15-,16-/m1/s1. The van der Waals surface area contributed by atoms with E-state index in [1.807, 2.05) is 19.9 Å². The summed E-state index contributed by atoms with van der Waals surface area (Å²) in [5.41, 5.74) is 1.10. The minimum atomic E-state index is -0.721. The number of hydrogen-bond acceptors (Lipinski definition) is 5. The molecule has 3 atom stereocenters. The van der Waals surface area contributed by atoms with Crippen LogP contribution >= 0.6 is 0 Å². The van der Waals surface area contributed by atoms with Crippen molar-refractivity contribution in [2.75, 3.05) is 25.1 Å². The first-order valence-corrected chi connectivity index (χ1v) is 8.11. The zero-order chi connectivity index (χ0) is 17.0. The highest BCUT2D eigenvalue weighted by Crippen LogP contribution is 2.26. The van der Waals surface area contributed by atoms with E-state index in [1.165, 1.54) is 0 Å². The largest absolute Gasteiger partial charge is 0.507 e. The molecule has 0 unspecified atom stereocenters. The summed E-state index contributed by atoms with van der Waals surface area (Å²) in [5, 5.41) is 23.0. The second kappa shape index (κ2) is 7.66. The molecule has 0 aromatic heterocycles. The predicted octanol–water partition coefficient (Wildman–Crippen LogP) is 1.51. The van der Waals surface area contributed by atoms with Crippen LogP contribution in [-0.4, -0.2) is 54.6 Å². The van der Waals surface area contributed by atoms with Gasteiger partial charge in [-0.2, -0.15) is 0 Å². The lowest BCUT2D eigenvalue weighted by Gasteiger charge is -2.22. The van der Waals surface area contributed by atoms with Gasteiger partial charge in [-0.15, -0.1) is 0 Å². The molecule has 0 spiro atoms. The summed E-state index contributed by atoms with van der Waals surface area (Å²) >= 11 is 0. The Morgan fingerprint density at radius 3 is 2.57 bits per heavy atom. The highest BCUT2D eigenvalue weighted by molar-refractivity contribution is 5.97. The van der Waals surface area contributed by atoms with Crippen LogP contribution in [0.4, 0.5) is 5.69 Å². The SMILES string of the molecule is CCN(CC)c1ccc(C(=O)N[C@@H]2CC[C@@H](OC)[C@@H]2O)c(O)c1. The Labute approximate surface area is 137 Å². The molecule has 1 saturated carbocycles. The quantitative estimate of drug-likeness (QED) is 0.739. The maximum Gasteiger partial charge on any atom is 0.255 e. The average Bonchev–Trinajstić information content (AvgIpc) is 2.89. The average molecular weight is 322 g/mol. The van der Waals surface area contributed by atoms with Gasteiger partial charge in [-0.1, -0.05) is 0 Å². The molecule has 23 heavy (non-hydrogen) atoms. The van der Waals surface area contributed by atoms with Crippen molar-refractivity contribution in [3.8, 4) is 5.75 Å². The number of nitrogens with zero attached hydrogens (tertiary/aromatic N) is 1. The summed E-state index contributed by atoms with van der Waals surface area (Å²) in [6.45, 7) is 5.73. The molecule has 2 rings (SSSR count). The molecule has 128 valence electrons. The second-order valence-electron chi connectivity index (χ2n) is 5.80. The van der Waals surface area contributed by atoms with Crippen molar-refractivity contribution in [2.45, 2.75) is 44.9 Å². The number of aliphatic hydroxyl groups excluding tert-OH is 1. The van der Waals surface area contributed by atoms with Crippen LogP contribution in [0, 0.1) is 0 Å². The van der Waals surface area contributed by atoms with Gasteiger partial charge in [0.2, 0.25) is 0 Å². The number of nitrogens with one attached hydrogen (secondary N) is 1. The minimum absolute atomic E-state index is 0.0531. The van der Waals surface area contributed by atoms with Crippen molar-refractivity contribution in [3.05, 3.63) is 23.8 Å². The molecule has 3 N–H and O–H groups in total. The Balaban J connectivity index is 2.08. The van der Waals surface area contributed by atoms with E-state index in [1.54, 1.807) is 19.2 Å². The van der Waals surface area contributed by atoms with E-state index in [2.05, 4.69) is 10.2 Å². The van der Waals surface area contributed by atoms with Gasteiger partial charge in [-0.3, -0.25) is 4.79 Å². The topological polar surface area (TPSA) is 82.0 Å². The fourth-order valence-electron chi connectivity index (χ4n) is 3.10. The summed E-state index contributed by atoms with van der Waals surface area (Å²) in [6.07, 6.45) is 0.388. The molecule has 1 aromatic rings. The first-order chi connectivity index (χ1) is 11.0. The van der Waals surface area contributed by atoms with Crippen LogP contribution in [0.3, 0.4) is 0 Å². The first-order valence-electron chi connectivity index (χ1n) is 8.11. The summed E-state index contributed by atoms with van der Waals surface area (Å²) in [4.78, 5) is 14.4. The van der Waals surface area contributed by atoms with Crippen molar-refractivity contribution in [3.63, 3.8) is 0 Å². The van der Waals surface area contributed by atoms with E-state index in [4.69, 9.17) is 4.74 Å². The third kappa shape index (κ3) is 3.76. The number of amides is 1. The number of methoxy groups -OCH3 is 1. The summed E-state index contributed by atoms with van der Waals surface area (Å²) < 4.78 is 5.18. The van der Waals surface area contributed by atoms with Crippen molar-refractivity contribution < 1.29 is 19.7 Å². The van der Waals surface area contributed by atoms with Crippen LogP contribution in [0.15, 0.2) is 18.2 Å². The Bertz CT molecular complexity index is 545. The molecule has 6 nitrogen and oxygen atoms in total. The van der Waals surface area contributed by atoms with E-state index >= 15 is 0 Å². The van der Waals surface area contributed by atoms with Gasteiger partial charge in [0, 0.05) is 32.0 Å². The van der Waals surface area contributed by atoms with Gasteiger partial charge >= 0.3 is 0 Å². The lowest BCUT2D eigenvalue weighted by molar-refractivity contribution is 0.000196. The van der Waals surface area contributed by atoms with Gasteiger partial charge in [0.25, 0.3) is 5.91 Å². The third-order valence-electron chi connectivity index (χ3n) is 4.53. The van der Waals surface area contributed by atoms with Gasteiger partial charge in [0.05, 0.1) is 17.7 Å². The van der Waals surface area contributed by atoms with Gasteiger partial charge in [0.15, 0.2) is 0 Å². The zero-order valence-corrected chi connectivity index (χ0v) is 14.0. The number of rotatable bonds is 6. The number of carbonyl (C=O) groups excluding carboxylic acids is 1. The number of phenolic OH excluding ortho intramolecular Hbond substituents is 1. The zero-order valence-electron chi connectivity index (χ0n) is 14.0. The Hall–Kier alpha value is -1.79. The molecule has 1 aromatic carbocycles. The van der Waals surface area contributed by atoms with Crippen LogP contribution in [-0.2, 0) is 4.74 Å². The number of carbonyl (C=O) groups is 1. The molecule has 0 radical (unpaired) electrons. The second-order valence-corrected chi connectivity index (χ2v) is 5.80. The Morgan fingerprint density at radius 2 is 2.04 bits per heavy atom. The number of phenols is 1.